The smallest absolute Gasteiger partial charge is 0.125 e. The van der Waals surface area contributed by atoms with Crippen molar-refractivity contribution in [3.8, 4) is 0 Å². The van der Waals surface area contributed by atoms with Crippen LogP contribution in [0, 0.1) is 0 Å². The number of furan rings is 1. The van der Waals surface area contributed by atoms with Crippen molar-refractivity contribution < 1.29 is 8.81 Å². The van der Waals surface area contributed by atoms with Gasteiger partial charge in [-0.2, -0.15) is 0 Å². The molecule has 1 aromatic heterocycles. The maximum Gasteiger partial charge on any atom is 0.125 e. The Morgan fingerprint density at radius 1 is 1.75 bits per heavy atom. The topological polar surface area (TPSA) is 13.1 Å². The number of rotatable bonds is 1. The first-order chi connectivity index (χ1) is 3.80. The molecule has 0 saturated carbocycles. The number of hydrogen-bond donors (Lipinski definition) is 0. The van der Waals surface area contributed by atoms with Gasteiger partial charge in [0.05, 0.1) is 12.5 Å². The molecule has 0 bridgehead atoms. The summed E-state index contributed by atoms with van der Waals surface area (Å²) in [4.78, 5) is 0. The molecule has 0 aliphatic heterocycles. The molecule has 0 saturated heterocycles. The van der Waals surface area contributed by atoms with Crippen molar-refractivity contribution in [2.24, 2.45) is 0 Å². The van der Waals surface area contributed by atoms with Crippen molar-refractivity contribution in [1.29, 1.82) is 0 Å². The molecule has 0 fully saturated rings. The molecule has 0 N–H and O–H groups in total. The van der Waals surface area contributed by atoms with Crippen LogP contribution in [0.2, 0.25) is 0 Å². The molecule has 1 unspecified atom stereocenters. The summed E-state index contributed by atoms with van der Waals surface area (Å²) in [5.41, 5.74) is 0.602. The Morgan fingerprint density at radius 3 is 2.75 bits per heavy atom. The molecule has 1 nitrogen and oxygen atoms in total. The van der Waals surface area contributed by atoms with Gasteiger partial charge in [0.15, 0.2) is 0 Å². The summed E-state index contributed by atoms with van der Waals surface area (Å²) in [6.45, 7) is 1.48. The summed E-state index contributed by atoms with van der Waals surface area (Å²) in [7, 11) is 0. The molecule has 0 aliphatic rings. The fraction of sp³-hybridized carbons (Fsp3) is 0.333. The van der Waals surface area contributed by atoms with Crippen molar-refractivity contribution >= 4 is 0 Å². The van der Waals surface area contributed by atoms with Crippen molar-refractivity contribution in [3.05, 3.63) is 24.2 Å². The zero-order valence-electron chi connectivity index (χ0n) is 4.60. The lowest BCUT2D eigenvalue weighted by molar-refractivity contribution is 0.371. The Labute approximate surface area is 47.1 Å². The quantitative estimate of drug-likeness (QED) is 0.546. The SMILES string of the molecule is CC(F)c1ccoc1. The Morgan fingerprint density at radius 2 is 2.50 bits per heavy atom. The zero-order valence-corrected chi connectivity index (χ0v) is 4.60. The van der Waals surface area contributed by atoms with Crippen LogP contribution in [-0.2, 0) is 0 Å². The Kier molecular flexibility index (Phi) is 1.33. The molecule has 44 valence electrons. The molecule has 1 rings (SSSR count). The Bertz CT molecular complexity index is 144. The molecular weight excluding hydrogens is 107 g/mol. The normalized spacial score (nSPS) is 13.8. The van der Waals surface area contributed by atoms with Crippen molar-refractivity contribution in [3.63, 3.8) is 0 Å². The summed E-state index contributed by atoms with van der Waals surface area (Å²) in [5.74, 6) is 0. The fourth-order valence-electron chi connectivity index (χ4n) is 0.501. The first kappa shape index (κ1) is 5.35. The lowest BCUT2D eigenvalue weighted by Crippen LogP contribution is -1.76. The predicted octanol–water partition coefficient (Wildman–Crippen LogP) is 2.31. The Hall–Kier alpha value is -0.790. The maximum absolute atomic E-state index is 12.2. The lowest BCUT2D eigenvalue weighted by Gasteiger charge is -1.90. The highest BCUT2D eigenvalue weighted by Crippen LogP contribution is 2.15. The van der Waals surface area contributed by atoms with Gasteiger partial charge < -0.3 is 4.42 Å². The molecule has 0 radical (unpaired) electrons. The van der Waals surface area contributed by atoms with Crippen LogP contribution in [0.4, 0.5) is 4.39 Å². The van der Waals surface area contributed by atoms with E-state index in [1.54, 1.807) is 6.07 Å². The summed E-state index contributed by atoms with van der Waals surface area (Å²) in [6, 6.07) is 1.62. The second-order valence-electron chi connectivity index (χ2n) is 1.67. The largest absolute Gasteiger partial charge is 0.472 e. The average Bonchev–Trinajstić information content (AvgIpc) is 2.12. The van der Waals surface area contributed by atoms with E-state index >= 15 is 0 Å². The van der Waals surface area contributed by atoms with E-state index in [1.165, 1.54) is 19.5 Å². The first-order valence-electron chi connectivity index (χ1n) is 2.47. The lowest BCUT2D eigenvalue weighted by atomic mass is 10.2. The van der Waals surface area contributed by atoms with E-state index in [2.05, 4.69) is 4.42 Å². The highest BCUT2D eigenvalue weighted by Gasteiger charge is 2.00. The van der Waals surface area contributed by atoms with Gasteiger partial charge in [0.1, 0.15) is 6.17 Å². The van der Waals surface area contributed by atoms with Gasteiger partial charge in [-0.05, 0) is 13.0 Å². The summed E-state index contributed by atoms with van der Waals surface area (Å²) < 4.78 is 16.8. The number of halogens is 1. The highest BCUT2D eigenvalue weighted by molar-refractivity contribution is 5.07. The van der Waals surface area contributed by atoms with Crippen molar-refractivity contribution in [1.82, 2.24) is 0 Å². The van der Waals surface area contributed by atoms with Crippen molar-refractivity contribution in [2.45, 2.75) is 13.1 Å². The van der Waals surface area contributed by atoms with Crippen LogP contribution in [0.5, 0.6) is 0 Å². The second-order valence-corrected chi connectivity index (χ2v) is 1.67. The molecule has 2 heteroatoms. The third-order valence-corrected chi connectivity index (χ3v) is 1.00. The third kappa shape index (κ3) is 0.886. The zero-order chi connectivity index (χ0) is 5.98. The molecule has 0 aromatic carbocycles. The number of alkyl halides is 1. The first-order valence-corrected chi connectivity index (χ1v) is 2.47. The molecule has 1 aromatic rings. The number of hydrogen-bond acceptors (Lipinski definition) is 1. The monoisotopic (exact) mass is 114 g/mol. The molecule has 1 heterocycles. The summed E-state index contributed by atoms with van der Waals surface area (Å²) >= 11 is 0. The molecule has 0 spiro atoms. The molecule has 0 aliphatic carbocycles. The van der Waals surface area contributed by atoms with Gasteiger partial charge in [0.2, 0.25) is 0 Å². The highest BCUT2D eigenvalue weighted by atomic mass is 19.1. The summed E-state index contributed by atoms with van der Waals surface area (Å²) in [5, 5.41) is 0. The second kappa shape index (κ2) is 1.99. The van der Waals surface area contributed by atoms with Gasteiger partial charge in [-0.25, -0.2) is 4.39 Å². The van der Waals surface area contributed by atoms with Crippen LogP contribution in [0.3, 0.4) is 0 Å². The van der Waals surface area contributed by atoms with E-state index in [0.29, 0.717) is 5.56 Å². The van der Waals surface area contributed by atoms with E-state index in [9.17, 15) is 4.39 Å². The van der Waals surface area contributed by atoms with E-state index < -0.39 is 6.17 Å². The molecule has 0 amide bonds. The Balaban J connectivity index is 2.77. The molecular formula is C6H7FO. The average molecular weight is 114 g/mol. The molecule has 8 heavy (non-hydrogen) atoms. The van der Waals surface area contributed by atoms with Gasteiger partial charge in [-0.3, -0.25) is 0 Å². The minimum Gasteiger partial charge on any atom is -0.472 e. The van der Waals surface area contributed by atoms with E-state index in [-0.39, 0.29) is 0 Å². The van der Waals surface area contributed by atoms with E-state index in [0.717, 1.165) is 0 Å². The maximum atomic E-state index is 12.2. The van der Waals surface area contributed by atoms with Crippen LogP contribution in [-0.4, -0.2) is 0 Å². The van der Waals surface area contributed by atoms with Crippen LogP contribution in [0.1, 0.15) is 18.7 Å². The van der Waals surface area contributed by atoms with Gasteiger partial charge in [0, 0.05) is 5.56 Å². The van der Waals surface area contributed by atoms with Crippen LogP contribution in [0.15, 0.2) is 23.0 Å². The van der Waals surface area contributed by atoms with Gasteiger partial charge in [0.25, 0.3) is 0 Å². The van der Waals surface area contributed by atoms with Crippen LogP contribution < -0.4 is 0 Å². The fourth-order valence-corrected chi connectivity index (χ4v) is 0.501. The summed E-state index contributed by atoms with van der Waals surface area (Å²) in [6.07, 6.45) is 1.96. The van der Waals surface area contributed by atoms with Crippen LogP contribution in [0.25, 0.3) is 0 Å². The van der Waals surface area contributed by atoms with Crippen LogP contribution >= 0.6 is 0 Å². The predicted molar refractivity (Wildman–Crippen MR) is 28.2 cm³/mol. The molecule has 1 atom stereocenters. The van der Waals surface area contributed by atoms with Gasteiger partial charge in [-0.1, -0.05) is 0 Å². The third-order valence-electron chi connectivity index (χ3n) is 1.00. The van der Waals surface area contributed by atoms with E-state index in [4.69, 9.17) is 0 Å². The van der Waals surface area contributed by atoms with Crippen molar-refractivity contribution in [2.75, 3.05) is 0 Å². The minimum absolute atomic E-state index is 0.602. The standard InChI is InChI=1S/C6H7FO/c1-5(7)6-2-3-8-4-6/h2-5H,1H3. The van der Waals surface area contributed by atoms with Gasteiger partial charge >= 0.3 is 0 Å². The van der Waals surface area contributed by atoms with Gasteiger partial charge in [-0.15, -0.1) is 0 Å². The minimum atomic E-state index is -0.909. The van der Waals surface area contributed by atoms with E-state index in [1.807, 2.05) is 0 Å².